The normalized spacial score (nSPS) is 11.2. The van der Waals surface area contributed by atoms with E-state index in [9.17, 15) is 13.2 Å². The SMILES string of the molecule is N#Cc1cc(CN)ccc1N(CCO)CC(F)(F)F. The largest absolute Gasteiger partial charge is 0.405 e. The highest BCUT2D eigenvalue weighted by molar-refractivity contribution is 5.60. The summed E-state index contributed by atoms with van der Waals surface area (Å²) < 4.78 is 37.4. The molecule has 0 heterocycles. The number of benzene rings is 1. The minimum Gasteiger partial charge on any atom is -0.395 e. The molecule has 0 fully saturated rings. The van der Waals surface area contributed by atoms with Crippen molar-refractivity contribution in [3.05, 3.63) is 29.3 Å². The van der Waals surface area contributed by atoms with Crippen molar-refractivity contribution in [1.82, 2.24) is 0 Å². The quantitative estimate of drug-likeness (QED) is 0.850. The molecule has 1 aromatic carbocycles. The Morgan fingerprint density at radius 3 is 2.53 bits per heavy atom. The van der Waals surface area contributed by atoms with Crippen molar-refractivity contribution >= 4 is 5.69 Å². The molecule has 0 spiro atoms. The van der Waals surface area contributed by atoms with Gasteiger partial charge in [0.1, 0.15) is 12.6 Å². The van der Waals surface area contributed by atoms with Crippen molar-refractivity contribution in [2.45, 2.75) is 12.7 Å². The van der Waals surface area contributed by atoms with E-state index >= 15 is 0 Å². The van der Waals surface area contributed by atoms with Crippen molar-refractivity contribution in [3.8, 4) is 6.07 Å². The number of nitrogens with two attached hydrogens (primary N) is 1. The van der Waals surface area contributed by atoms with Crippen molar-refractivity contribution in [2.24, 2.45) is 5.73 Å². The van der Waals surface area contributed by atoms with Gasteiger partial charge in [0, 0.05) is 13.1 Å². The van der Waals surface area contributed by atoms with Crippen LogP contribution in [0.2, 0.25) is 0 Å². The van der Waals surface area contributed by atoms with E-state index in [4.69, 9.17) is 16.1 Å². The van der Waals surface area contributed by atoms with Gasteiger partial charge in [-0.1, -0.05) is 6.07 Å². The Morgan fingerprint density at radius 1 is 1.37 bits per heavy atom. The second-order valence-corrected chi connectivity index (χ2v) is 3.93. The highest BCUT2D eigenvalue weighted by Crippen LogP contribution is 2.25. The second-order valence-electron chi connectivity index (χ2n) is 3.93. The zero-order valence-corrected chi connectivity index (χ0v) is 10.1. The van der Waals surface area contributed by atoms with Gasteiger partial charge in [-0.25, -0.2) is 0 Å². The molecule has 0 aliphatic heterocycles. The molecular weight excluding hydrogens is 259 g/mol. The summed E-state index contributed by atoms with van der Waals surface area (Å²) in [7, 11) is 0. The summed E-state index contributed by atoms with van der Waals surface area (Å²) in [5.74, 6) is 0. The number of hydrogen-bond donors (Lipinski definition) is 2. The van der Waals surface area contributed by atoms with E-state index in [-0.39, 0.29) is 24.3 Å². The number of hydrogen-bond acceptors (Lipinski definition) is 4. The fourth-order valence-corrected chi connectivity index (χ4v) is 1.70. The fraction of sp³-hybridized carbons (Fsp3) is 0.417. The topological polar surface area (TPSA) is 73.3 Å². The molecule has 0 radical (unpaired) electrons. The lowest BCUT2D eigenvalue weighted by Gasteiger charge is -2.26. The molecule has 0 saturated carbocycles. The maximum atomic E-state index is 12.5. The molecule has 1 rings (SSSR count). The van der Waals surface area contributed by atoms with Crippen LogP contribution in [-0.2, 0) is 6.54 Å². The Labute approximate surface area is 108 Å². The minimum atomic E-state index is -4.41. The third kappa shape index (κ3) is 4.43. The number of alkyl halides is 3. The van der Waals surface area contributed by atoms with Gasteiger partial charge in [0.05, 0.1) is 17.9 Å². The Morgan fingerprint density at radius 2 is 2.05 bits per heavy atom. The number of nitriles is 1. The number of halogens is 3. The number of nitrogens with zero attached hydrogens (tertiary/aromatic N) is 2. The summed E-state index contributed by atoms with van der Waals surface area (Å²) in [5, 5.41) is 17.8. The van der Waals surface area contributed by atoms with E-state index in [2.05, 4.69) is 0 Å². The maximum Gasteiger partial charge on any atom is 0.405 e. The van der Waals surface area contributed by atoms with Crippen LogP contribution in [-0.4, -0.2) is 31.0 Å². The van der Waals surface area contributed by atoms with E-state index in [1.807, 2.05) is 6.07 Å². The van der Waals surface area contributed by atoms with Gasteiger partial charge in [-0.05, 0) is 17.7 Å². The third-order valence-corrected chi connectivity index (χ3v) is 2.50. The molecule has 0 saturated heterocycles. The van der Waals surface area contributed by atoms with E-state index < -0.39 is 19.3 Å². The molecule has 3 N–H and O–H groups in total. The summed E-state index contributed by atoms with van der Waals surface area (Å²) in [6.07, 6.45) is -4.41. The van der Waals surface area contributed by atoms with Crippen molar-refractivity contribution < 1.29 is 18.3 Å². The molecule has 0 bridgehead atoms. The molecule has 0 aliphatic rings. The average Bonchev–Trinajstić information content (AvgIpc) is 2.36. The van der Waals surface area contributed by atoms with Gasteiger partial charge >= 0.3 is 6.18 Å². The van der Waals surface area contributed by atoms with E-state index in [1.54, 1.807) is 6.07 Å². The molecule has 0 amide bonds. The van der Waals surface area contributed by atoms with Crippen LogP contribution in [0.3, 0.4) is 0 Å². The lowest BCUT2D eigenvalue weighted by molar-refractivity contribution is -0.119. The van der Waals surface area contributed by atoms with Crippen LogP contribution in [0.15, 0.2) is 18.2 Å². The number of aliphatic hydroxyl groups is 1. The smallest absolute Gasteiger partial charge is 0.395 e. The van der Waals surface area contributed by atoms with Crippen molar-refractivity contribution in [1.29, 1.82) is 5.26 Å². The first-order valence-electron chi connectivity index (χ1n) is 5.57. The van der Waals surface area contributed by atoms with Gasteiger partial charge < -0.3 is 15.7 Å². The summed E-state index contributed by atoms with van der Waals surface area (Å²) in [4.78, 5) is 0.929. The van der Waals surface area contributed by atoms with Crippen LogP contribution in [0.1, 0.15) is 11.1 Å². The van der Waals surface area contributed by atoms with Crippen molar-refractivity contribution in [3.63, 3.8) is 0 Å². The molecule has 104 valence electrons. The predicted molar refractivity (Wildman–Crippen MR) is 64.4 cm³/mol. The van der Waals surface area contributed by atoms with Gasteiger partial charge in [0.25, 0.3) is 0 Å². The summed E-state index contributed by atoms with van der Waals surface area (Å²) >= 11 is 0. The van der Waals surface area contributed by atoms with Crippen LogP contribution >= 0.6 is 0 Å². The zero-order valence-electron chi connectivity index (χ0n) is 10.1. The van der Waals surface area contributed by atoms with Gasteiger partial charge in [0.15, 0.2) is 0 Å². The van der Waals surface area contributed by atoms with E-state index in [0.717, 1.165) is 4.90 Å². The van der Waals surface area contributed by atoms with Gasteiger partial charge in [-0.15, -0.1) is 0 Å². The standard InChI is InChI=1S/C12H14F3N3O/c13-12(14,15)8-18(3-4-19)11-2-1-9(6-16)5-10(11)7-17/h1-2,5,19H,3-4,6,8,16H2. The number of aliphatic hydroxyl groups excluding tert-OH is 1. The summed E-state index contributed by atoms with van der Waals surface area (Å²) in [5.41, 5.74) is 6.34. The van der Waals surface area contributed by atoms with Gasteiger partial charge in [0.2, 0.25) is 0 Å². The Hall–Kier alpha value is -1.78. The monoisotopic (exact) mass is 273 g/mol. The fourth-order valence-electron chi connectivity index (χ4n) is 1.70. The first-order chi connectivity index (χ1) is 8.91. The van der Waals surface area contributed by atoms with Crippen molar-refractivity contribution in [2.75, 3.05) is 24.6 Å². The second kappa shape index (κ2) is 6.41. The predicted octanol–water partition coefficient (Wildman–Crippen LogP) is 1.38. The maximum absolute atomic E-state index is 12.5. The van der Waals surface area contributed by atoms with Crippen LogP contribution in [0.25, 0.3) is 0 Å². The lowest BCUT2D eigenvalue weighted by atomic mass is 10.1. The first-order valence-corrected chi connectivity index (χ1v) is 5.57. The van der Waals surface area contributed by atoms with Gasteiger partial charge in [-0.2, -0.15) is 18.4 Å². The van der Waals surface area contributed by atoms with Gasteiger partial charge in [-0.3, -0.25) is 0 Å². The molecule has 0 aromatic heterocycles. The molecule has 1 aromatic rings. The Bertz CT molecular complexity index is 468. The van der Waals surface area contributed by atoms with Crippen LogP contribution < -0.4 is 10.6 Å². The molecule has 19 heavy (non-hydrogen) atoms. The van der Waals surface area contributed by atoms with Crippen LogP contribution in [0.5, 0.6) is 0 Å². The first kappa shape index (κ1) is 15.3. The molecule has 0 atom stereocenters. The molecule has 0 unspecified atom stereocenters. The number of anilines is 1. The molecule has 7 heteroatoms. The van der Waals surface area contributed by atoms with E-state index in [0.29, 0.717) is 5.56 Å². The van der Waals surface area contributed by atoms with E-state index in [1.165, 1.54) is 12.1 Å². The summed E-state index contributed by atoms with van der Waals surface area (Å²) in [6, 6.07) is 6.29. The molecular formula is C12H14F3N3O. The minimum absolute atomic E-state index is 0.112. The van der Waals surface area contributed by atoms with Crippen LogP contribution in [0.4, 0.5) is 18.9 Å². The Kier molecular flexibility index (Phi) is 5.15. The highest BCUT2D eigenvalue weighted by atomic mass is 19.4. The number of rotatable bonds is 5. The molecule has 0 aliphatic carbocycles. The lowest BCUT2D eigenvalue weighted by Crippen LogP contribution is -2.36. The third-order valence-electron chi connectivity index (χ3n) is 2.50. The zero-order chi connectivity index (χ0) is 14.5. The highest BCUT2D eigenvalue weighted by Gasteiger charge is 2.31. The molecule has 4 nitrogen and oxygen atoms in total. The summed E-state index contributed by atoms with van der Waals surface area (Å²) in [6.45, 7) is -1.64. The average molecular weight is 273 g/mol. The van der Waals surface area contributed by atoms with Crippen LogP contribution in [0, 0.1) is 11.3 Å². The Balaban J connectivity index is 3.12.